The van der Waals surface area contributed by atoms with Gasteiger partial charge in [0.2, 0.25) is 0 Å². The first-order valence-electron chi connectivity index (χ1n) is 10.8. The van der Waals surface area contributed by atoms with Crippen molar-refractivity contribution in [1.82, 2.24) is 5.32 Å². The van der Waals surface area contributed by atoms with Crippen LogP contribution in [-0.2, 0) is 19.1 Å². The number of rotatable bonds is 7. The molecule has 5 heteroatoms. The summed E-state index contributed by atoms with van der Waals surface area (Å²) in [6.45, 7) is 7.84. The Morgan fingerprint density at radius 2 is 1.47 bits per heavy atom. The number of nitrogens with one attached hydrogen (secondary N) is 1. The number of dihydropyridines is 1. The third kappa shape index (κ3) is 5.17. The Morgan fingerprint density at radius 3 is 2.06 bits per heavy atom. The fraction of sp³-hybridized carbons (Fsp3) is 0.259. The van der Waals surface area contributed by atoms with Gasteiger partial charge in [0.05, 0.1) is 30.1 Å². The maximum atomic E-state index is 13.2. The van der Waals surface area contributed by atoms with Crippen LogP contribution in [0.2, 0.25) is 0 Å². The second-order valence-corrected chi connectivity index (χ2v) is 7.51. The van der Waals surface area contributed by atoms with E-state index in [2.05, 4.69) is 5.32 Å². The van der Waals surface area contributed by atoms with E-state index in [1.165, 1.54) is 0 Å². The lowest BCUT2D eigenvalue weighted by atomic mass is 9.83. The van der Waals surface area contributed by atoms with Crippen LogP contribution in [0.1, 0.15) is 37.5 Å². The second-order valence-electron chi connectivity index (χ2n) is 7.51. The second kappa shape index (κ2) is 10.6. The van der Waals surface area contributed by atoms with Crippen LogP contribution in [0.25, 0.3) is 11.8 Å². The summed E-state index contributed by atoms with van der Waals surface area (Å²) in [5.74, 6) is -1.54. The van der Waals surface area contributed by atoms with Gasteiger partial charge in [-0.1, -0.05) is 72.3 Å². The maximum absolute atomic E-state index is 13.2. The van der Waals surface area contributed by atoms with Crippen molar-refractivity contribution in [3.8, 4) is 0 Å². The molecule has 1 N–H and O–H groups in total. The van der Waals surface area contributed by atoms with Gasteiger partial charge in [-0.05, 0) is 38.8 Å². The lowest BCUT2D eigenvalue weighted by Crippen LogP contribution is -2.33. The van der Waals surface area contributed by atoms with Crippen LogP contribution in [0.3, 0.4) is 0 Å². The molecule has 0 saturated heterocycles. The SMILES string of the molecule is CCOC(=O)C1=C(C)NC(c2ccc(C)cc2)=C(C(=O)OCC)C1/C=C/c1ccccc1. The van der Waals surface area contributed by atoms with Crippen LogP contribution in [-0.4, -0.2) is 25.2 Å². The molecule has 0 bridgehead atoms. The molecule has 0 saturated carbocycles. The van der Waals surface area contributed by atoms with E-state index < -0.39 is 17.9 Å². The Hall–Kier alpha value is -3.60. The molecular formula is C27H29NO4. The van der Waals surface area contributed by atoms with E-state index in [0.717, 1.165) is 16.7 Å². The zero-order chi connectivity index (χ0) is 23.1. The van der Waals surface area contributed by atoms with Gasteiger partial charge >= 0.3 is 11.9 Å². The summed E-state index contributed by atoms with van der Waals surface area (Å²) in [4.78, 5) is 26.1. The average molecular weight is 432 g/mol. The van der Waals surface area contributed by atoms with Gasteiger partial charge in [0.1, 0.15) is 0 Å². The molecule has 0 aliphatic carbocycles. The third-order valence-electron chi connectivity index (χ3n) is 5.22. The highest BCUT2D eigenvalue weighted by atomic mass is 16.5. The highest BCUT2D eigenvalue weighted by Crippen LogP contribution is 2.36. The Labute approximate surface area is 189 Å². The number of ether oxygens (including phenoxy) is 2. The molecular weight excluding hydrogens is 402 g/mol. The Balaban J connectivity index is 2.19. The molecule has 32 heavy (non-hydrogen) atoms. The van der Waals surface area contributed by atoms with Crippen molar-refractivity contribution >= 4 is 23.7 Å². The number of hydrogen-bond acceptors (Lipinski definition) is 5. The van der Waals surface area contributed by atoms with Gasteiger partial charge < -0.3 is 14.8 Å². The summed E-state index contributed by atoms with van der Waals surface area (Å²) in [6.07, 6.45) is 3.78. The number of allylic oxidation sites excluding steroid dienone is 2. The van der Waals surface area contributed by atoms with Crippen molar-refractivity contribution in [2.45, 2.75) is 27.7 Å². The van der Waals surface area contributed by atoms with Crippen LogP contribution < -0.4 is 5.32 Å². The molecule has 1 aliphatic rings. The van der Waals surface area contributed by atoms with Crippen molar-refractivity contribution in [2.75, 3.05) is 13.2 Å². The third-order valence-corrected chi connectivity index (χ3v) is 5.22. The predicted octanol–water partition coefficient (Wildman–Crippen LogP) is 5.04. The average Bonchev–Trinajstić information content (AvgIpc) is 2.78. The Kier molecular flexibility index (Phi) is 7.66. The number of carbonyl (C=O) groups is 2. The van der Waals surface area contributed by atoms with Crippen LogP contribution in [0.15, 0.2) is 77.5 Å². The van der Waals surface area contributed by atoms with E-state index in [4.69, 9.17) is 9.47 Å². The summed E-state index contributed by atoms with van der Waals surface area (Å²) in [6, 6.07) is 17.6. The molecule has 5 nitrogen and oxygen atoms in total. The maximum Gasteiger partial charge on any atom is 0.337 e. The van der Waals surface area contributed by atoms with Crippen LogP contribution in [0, 0.1) is 12.8 Å². The highest BCUT2D eigenvalue weighted by molar-refractivity contribution is 6.04. The topological polar surface area (TPSA) is 64.6 Å². The van der Waals surface area contributed by atoms with Crippen LogP contribution in [0.4, 0.5) is 0 Å². The van der Waals surface area contributed by atoms with E-state index in [0.29, 0.717) is 22.5 Å². The molecule has 0 amide bonds. The normalized spacial score (nSPS) is 16.2. The van der Waals surface area contributed by atoms with Gasteiger partial charge in [0.15, 0.2) is 0 Å². The fourth-order valence-electron chi connectivity index (χ4n) is 3.69. The minimum atomic E-state index is -0.620. The van der Waals surface area contributed by atoms with E-state index >= 15 is 0 Å². The molecule has 0 fully saturated rings. The monoisotopic (exact) mass is 431 g/mol. The number of aryl methyl sites for hydroxylation is 1. The van der Waals surface area contributed by atoms with E-state index in [-0.39, 0.29) is 13.2 Å². The molecule has 0 radical (unpaired) electrons. The number of benzene rings is 2. The summed E-state index contributed by atoms with van der Waals surface area (Å²) >= 11 is 0. The molecule has 2 aromatic rings. The van der Waals surface area contributed by atoms with Crippen LogP contribution >= 0.6 is 0 Å². The van der Waals surface area contributed by atoms with Crippen molar-refractivity contribution in [3.05, 3.63) is 94.2 Å². The molecule has 1 unspecified atom stereocenters. The lowest BCUT2D eigenvalue weighted by Gasteiger charge is -2.30. The van der Waals surface area contributed by atoms with E-state index in [1.54, 1.807) is 13.8 Å². The first kappa shape index (κ1) is 23.1. The van der Waals surface area contributed by atoms with Gasteiger partial charge in [-0.3, -0.25) is 0 Å². The largest absolute Gasteiger partial charge is 0.463 e. The van der Waals surface area contributed by atoms with Crippen molar-refractivity contribution in [2.24, 2.45) is 5.92 Å². The zero-order valence-corrected chi connectivity index (χ0v) is 19.0. The van der Waals surface area contributed by atoms with Crippen molar-refractivity contribution in [3.63, 3.8) is 0 Å². The fourth-order valence-corrected chi connectivity index (χ4v) is 3.69. The quantitative estimate of drug-likeness (QED) is 0.622. The van der Waals surface area contributed by atoms with Gasteiger partial charge in [-0.25, -0.2) is 9.59 Å². The predicted molar refractivity (Wildman–Crippen MR) is 126 cm³/mol. The standard InChI is InChI=1S/C27H29NO4/c1-5-31-26(29)23-19(4)28-25(21-15-12-18(3)13-16-21)24(27(30)32-6-2)22(23)17-14-20-10-8-7-9-11-20/h7-17,22,28H,5-6H2,1-4H3/b17-14+. The molecule has 3 rings (SSSR count). The van der Waals surface area contributed by atoms with E-state index in [9.17, 15) is 9.59 Å². The Bertz CT molecular complexity index is 1060. The molecule has 1 heterocycles. The van der Waals surface area contributed by atoms with Crippen LogP contribution in [0.5, 0.6) is 0 Å². The van der Waals surface area contributed by atoms with Gasteiger partial charge in [-0.2, -0.15) is 0 Å². The Morgan fingerprint density at radius 1 is 0.875 bits per heavy atom. The number of esters is 2. The molecule has 0 spiro atoms. The first-order chi connectivity index (χ1) is 15.5. The van der Waals surface area contributed by atoms with Gasteiger partial charge in [-0.15, -0.1) is 0 Å². The molecule has 1 aliphatic heterocycles. The van der Waals surface area contributed by atoms with Crippen molar-refractivity contribution < 1.29 is 19.1 Å². The van der Waals surface area contributed by atoms with Gasteiger partial charge in [0.25, 0.3) is 0 Å². The first-order valence-corrected chi connectivity index (χ1v) is 10.8. The molecule has 0 aromatic heterocycles. The van der Waals surface area contributed by atoms with Gasteiger partial charge in [0, 0.05) is 11.6 Å². The van der Waals surface area contributed by atoms with E-state index in [1.807, 2.05) is 80.6 Å². The highest BCUT2D eigenvalue weighted by Gasteiger charge is 2.36. The molecule has 166 valence electrons. The minimum absolute atomic E-state index is 0.232. The van der Waals surface area contributed by atoms with Crippen molar-refractivity contribution in [1.29, 1.82) is 0 Å². The summed E-state index contributed by atoms with van der Waals surface area (Å²) < 4.78 is 10.8. The summed E-state index contributed by atoms with van der Waals surface area (Å²) in [5.41, 5.74) is 5.00. The zero-order valence-electron chi connectivity index (χ0n) is 19.0. The smallest absolute Gasteiger partial charge is 0.337 e. The lowest BCUT2D eigenvalue weighted by molar-refractivity contribution is -0.139. The number of carbonyl (C=O) groups excluding carboxylic acids is 2. The minimum Gasteiger partial charge on any atom is -0.463 e. The number of hydrogen-bond donors (Lipinski definition) is 1. The molecule has 1 atom stereocenters. The summed E-state index contributed by atoms with van der Waals surface area (Å²) in [7, 11) is 0. The molecule has 2 aromatic carbocycles. The summed E-state index contributed by atoms with van der Waals surface area (Å²) in [5, 5.41) is 3.28.